The fourth-order valence-corrected chi connectivity index (χ4v) is 2.73. The minimum Gasteiger partial charge on any atom is -0.478 e. The van der Waals surface area contributed by atoms with E-state index in [1.54, 1.807) is 0 Å². The number of nitrogens with zero attached hydrogens (tertiary/aromatic N) is 3. The van der Waals surface area contributed by atoms with Crippen LogP contribution in [-0.2, 0) is 0 Å². The van der Waals surface area contributed by atoms with Crippen molar-refractivity contribution in [1.82, 2.24) is 14.9 Å². The normalized spacial score (nSPS) is 15.5. The summed E-state index contributed by atoms with van der Waals surface area (Å²) in [5.41, 5.74) is 1.69. The highest BCUT2D eigenvalue weighted by atomic mass is 16.4. The second-order valence-corrected chi connectivity index (χ2v) is 6.04. The number of aromatic carboxylic acids is 1. The van der Waals surface area contributed by atoms with Gasteiger partial charge in [-0.25, -0.2) is 9.78 Å². The monoisotopic (exact) mass is 328 g/mol. The molecule has 126 valence electrons. The molecule has 0 amide bonds. The molecular weight excluding hydrogens is 308 g/mol. The Balaban J connectivity index is 1.81. The molecule has 0 radical (unpaired) electrons. The molecule has 1 aliphatic heterocycles. The van der Waals surface area contributed by atoms with E-state index < -0.39 is 5.97 Å². The summed E-state index contributed by atoms with van der Waals surface area (Å²) in [6.07, 6.45) is 0. The summed E-state index contributed by atoms with van der Waals surface area (Å²) in [6.45, 7) is 5.47. The van der Waals surface area contributed by atoms with E-state index in [0.29, 0.717) is 17.2 Å². The Morgan fingerprint density at radius 3 is 2.25 bits per heavy atom. The quantitative estimate of drug-likeness (QED) is 0.825. The number of imidazole rings is 1. The SMILES string of the molecule is Cc1[nH]c(N2CCN(C)CC2)nc1C(=O)c1ccc(C(=O)O)cc1. The van der Waals surface area contributed by atoms with Gasteiger partial charge in [-0.05, 0) is 26.1 Å². The van der Waals surface area contributed by atoms with Gasteiger partial charge in [0.1, 0.15) is 5.69 Å². The van der Waals surface area contributed by atoms with E-state index in [1.807, 2.05) is 6.92 Å². The lowest BCUT2D eigenvalue weighted by atomic mass is 10.1. The lowest BCUT2D eigenvalue weighted by molar-refractivity contribution is 0.0696. The van der Waals surface area contributed by atoms with E-state index in [1.165, 1.54) is 24.3 Å². The van der Waals surface area contributed by atoms with Crippen LogP contribution in [0, 0.1) is 6.92 Å². The molecule has 1 aliphatic rings. The number of hydrogen-bond acceptors (Lipinski definition) is 5. The number of anilines is 1. The molecular formula is C17H20N4O3. The summed E-state index contributed by atoms with van der Waals surface area (Å²) in [6, 6.07) is 5.91. The van der Waals surface area contributed by atoms with E-state index in [0.717, 1.165) is 31.9 Å². The molecule has 2 heterocycles. The van der Waals surface area contributed by atoms with Gasteiger partial charge in [0, 0.05) is 37.4 Å². The molecule has 1 aromatic heterocycles. The minimum absolute atomic E-state index is 0.156. The van der Waals surface area contributed by atoms with Gasteiger partial charge in [-0.2, -0.15) is 0 Å². The Bertz CT molecular complexity index is 759. The fourth-order valence-electron chi connectivity index (χ4n) is 2.73. The molecule has 0 aliphatic carbocycles. The van der Waals surface area contributed by atoms with Crippen molar-refractivity contribution in [3.8, 4) is 0 Å². The van der Waals surface area contributed by atoms with Crippen molar-refractivity contribution in [2.75, 3.05) is 38.1 Å². The molecule has 1 aromatic carbocycles. The maximum absolute atomic E-state index is 12.6. The Kier molecular flexibility index (Phi) is 4.35. The highest BCUT2D eigenvalue weighted by Gasteiger charge is 2.22. The van der Waals surface area contributed by atoms with Crippen molar-refractivity contribution in [3.63, 3.8) is 0 Å². The summed E-state index contributed by atoms with van der Waals surface area (Å²) in [5, 5.41) is 8.93. The number of aryl methyl sites for hydroxylation is 1. The topological polar surface area (TPSA) is 89.5 Å². The van der Waals surface area contributed by atoms with Crippen molar-refractivity contribution in [1.29, 1.82) is 0 Å². The van der Waals surface area contributed by atoms with Crippen LogP contribution in [-0.4, -0.2) is 65.0 Å². The van der Waals surface area contributed by atoms with Gasteiger partial charge >= 0.3 is 5.97 Å². The molecule has 24 heavy (non-hydrogen) atoms. The third-order valence-corrected chi connectivity index (χ3v) is 4.28. The number of likely N-dealkylation sites (N-methyl/N-ethyl adjacent to an activating group) is 1. The molecule has 7 nitrogen and oxygen atoms in total. The van der Waals surface area contributed by atoms with Crippen LogP contribution >= 0.6 is 0 Å². The standard InChI is InChI=1S/C17H20N4O3/c1-11-14(15(22)12-3-5-13(6-4-12)16(23)24)19-17(18-11)21-9-7-20(2)8-10-21/h3-6H,7-10H2,1-2H3,(H,18,19)(H,23,24). The van der Waals surface area contributed by atoms with Gasteiger partial charge < -0.3 is 19.9 Å². The van der Waals surface area contributed by atoms with Crippen LogP contribution in [0.3, 0.4) is 0 Å². The van der Waals surface area contributed by atoms with Crippen LogP contribution < -0.4 is 4.90 Å². The van der Waals surface area contributed by atoms with Crippen molar-refractivity contribution in [2.24, 2.45) is 0 Å². The van der Waals surface area contributed by atoms with Crippen molar-refractivity contribution < 1.29 is 14.7 Å². The molecule has 0 atom stereocenters. The Labute approximate surface area is 139 Å². The van der Waals surface area contributed by atoms with Gasteiger partial charge in [0.25, 0.3) is 0 Å². The number of aromatic nitrogens is 2. The number of nitrogens with one attached hydrogen (secondary N) is 1. The van der Waals surface area contributed by atoms with E-state index in [9.17, 15) is 9.59 Å². The van der Waals surface area contributed by atoms with Crippen LogP contribution in [0.5, 0.6) is 0 Å². The van der Waals surface area contributed by atoms with Gasteiger partial charge in [0.05, 0.1) is 5.56 Å². The van der Waals surface area contributed by atoms with Gasteiger partial charge in [-0.1, -0.05) is 12.1 Å². The van der Waals surface area contributed by atoms with Crippen LogP contribution in [0.4, 0.5) is 5.95 Å². The Morgan fingerprint density at radius 2 is 1.67 bits per heavy atom. The largest absolute Gasteiger partial charge is 0.478 e. The number of carbonyl (C=O) groups excluding carboxylic acids is 1. The van der Waals surface area contributed by atoms with Crippen LogP contribution in [0.15, 0.2) is 24.3 Å². The Hall–Kier alpha value is -2.67. The maximum atomic E-state index is 12.6. The van der Waals surface area contributed by atoms with Crippen LogP contribution in [0.2, 0.25) is 0 Å². The maximum Gasteiger partial charge on any atom is 0.335 e. The van der Waals surface area contributed by atoms with Gasteiger partial charge in [-0.3, -0.25) is 4.79 Å². The van der Waals surface area contributed by atoms with Crippen molar-refractivity contribution in [3.05, 3.63) is 46.8 Å². The zero-order valence-corrected chi connectivity index (χ0v) is 13.7. The first kappa shape index (κ1) is 16.2. The number of benzene rings is 1. The summed E-state index contributed by atoms with van der Waals surface area (Å²) < 4.78 is 0. The highest BCUT2D eigenvalue weighted by Crippen LogP contribution is 2.18. The number of carboxylic acids is 1. The molecule has 0 spiro atoms. The lowest BCUT2D eigenvalue weighted by Crippen LogP contribution is -2.45. The number of carboxylic acid groups (broad SMARTS) is 1. The number of hydrogen-bond donors (Lipinski definition) is 2. The highest BCUT2D eigenvalue weighted by molar-refractivity contribution is 6.09. The minimum atomic E-state index is -1.01. The van der Waals surface area contributed by atoms with Gasteiger partial charge in [0.15, 0.2) is 0 Å². The molecule has 0 saturated carbocycles. The number of H-pyrrole nitrogens is 1. The molecule has 3 rings (SSSR count). The number of ketones is 1. The molecule has 0 unspecified atom stereocenters. The second-order valence-electron chi connectivity index (χ2n) is 6.04. The molecule has 7 heteroatoms. The van der Waals surface area contributed by atoms with Crippen LogP contribution in [0.1, 0.15) is 32.1 Å². The van der Waals surface area contributed by atoms with Crippen molar-refractivity contribution >= 4 is 17.7 Å². The summed E-state index contributed by atoms with van der Waals surface area (Å²) >= 11 is 0. The Morgan fingerprint density at radius 1 is 1.08 bits per heavy atom. The first-order chi connectivity index (χ1) is 11.5. The smallest absolute Gasteiger partial charge is 0.335 e. The fraction of sp³-hybridized carbons (Fsp3) is 0.353. The predicted molar refractivity (Wildman–Crippen MR) is 89.9 cm³/mol. The third-order valence-electron chi connectivity index (χ3n) is 4.28. The zero-order valence-electron chi connectivity index (χ0n) is 13.7. The molecule has 1 fully saturated rings. The number of aromatic amines is 1. The summed E-state index contributed by atoms with van der Waals surface area (Å²) in [7, 11) is 2.08. The second kappa shape index (κ2) is 6.45. The molecule has 0 bridgehead atoms. The first-order valence-electron chi connectivity index (χ1n) is 7.84. The van der Waals surface area contributed by atoms with E-state index in [4.69, 9.17) is 5.11 Å². The number of piperazine rings is 1. The van der Waals surface area contributed by atoms with Crippen LogP contribution in [0.25, 0.3) is 0 Å². The molecule has 2 aromatic rings. The predicted octanol–water partition coefficient (Wildman–Crippen LogP) is 1.40. The first-order valence-corrected chi connectivity index (χ1v) is 7.84. The molecule has 1 saturated heterocycles. The molecule has 2 N–H and O–H groups in total. The van der Waals surface area contributed by atoms with E-state index >= 15 is 0 Å². The zero-order chi connectivity index (χ0) is 17.3. The van der Waals surface area contributed by atoms with Gasteiger partial charge in [0.2, 0.25) is 11.7 Å². The number of rotatable bonds is 4. The number of carbonyl (C=O) groups is 2. The summed E-state index contributed by atoms with van der Waals surface area (Å²) in [4.78, 5) is 35.6. The van der Waals surface area contributed by atoms with Gasteiger partial charge in [-0.15, -0.1) is 0 Å². The third kappa shape index (κ3) is 3.16. The lowest BCUT2D eigenvalue weighted by Gasteiger charge is -2.32. The average Bonchev–Trinajstić information content (AvgIpc) is 2.96. The average molecular weight is 328 g/mol. The summed E-state index contributed by atoms with van der Waals surface area (Å²) in [5.74, 6) is -0.505. The van der Waals surface area contributed by atoms with E-state index in [-0.39, 0.29) is 11.3 Å². The van der Waals surface area contributed by atoms with E-state index in [2.05, 4.69) is 26.8 Å². The van der Waals surface area contributed by atoms with Crippen molar-refractivity contribution in [2.45, 2.75) is 6.92 Å².